The first kappa shape index (κ1) is 43.5. The predicted octanol–water partition coefficient (Wildman–Crippen LogP) is 0.451. The molecule has 58 heavy (non-hydrogen) atoms. The van der Waals surface area contributed by atoms with E-state index in [-0.39, 0.29) is 58.0 Å². The van der Waals surface area contributed by atoms with Gasteiger partial charge in [-0.15, -0.1) is 0 Å². The lowest BCUT2D eigenvalue weighted by Gasteiger charge is -2.42. The van der Waals surface area contributed by atoms with Crippen molar-refractivity contribution in [3.8, 4) is 0 Å². The van der Waals surface area contributed by atoms with E-state index in [1.54, 1.807) is 17.0 Å². The second-order valence-corrected chi connectivity index (χ2v) is 14.8. The van der Waals surface area contributed by atoms with Crippen molar-refractivity contribution in [2.24, 2.45) is 11.1 Å². The number of nitrogens with zero attached hydrogens (tertiary/aromatic N) is 1. The molecule has 3 aromatic carbocycles. The minimum absolute atomic E-state index is 0.0586. The van der Waals surface area contributed by atoms with Crippen molar-refractivity contribution < 1.29 is 33.8 Å². The second kappa shape index (κ2) is 21.8. The number of hydrogen-bond acceptors (Lipinski definition) is 10. The molecule has 1 unspecified atom stereocenters. The van der Waals surface area contributed by atoms with Crippen molar-refractivity contribution >= 4 is 35.2 Å². The Morgan fingerprint density at radius 1 is 0.914 bits per heavy atom. The highest BCUT2D eigenvalue weighted by atomic mass is 16.5. The van der Waals surface area contributed by atoms with E-state index >= 15 is 0 Å². The molecule has 1 saturated heterocycles. The third kappa shape index (κ3) is 13.0. The van der Waals surface area contributed by atoms with Gasteiger partial charge >= 0.3 is 0 Å². The number of carbonyl (C=O) groups is 5. The van der Waals surface area contributed by atoms with E-state index in [0.717, 1.165) is 28.3 Å². The summed E-state index contributed by atoms with van der Waals surface area (Å²) in [4.78, 5) is 70.1. The highest BCUT2D eigenvalue weighted by molar-refractivity contribution is 5.97. The largest absolute Gasteiger partial charge is 0.399 e. The minimum atomic E-state index is -1.18. The maximum atomic E-state index is 14.7. The van der Waals surface area contributed by atoms with Gasteiger partial charge in [0.1, 0.15) is 12.3 Å². The zero-order chi connectivity index (χ0) is 41.3. The van der Waals surface area contributed by atoms with Crippen molar-refractivity contribution in [3.05, 3.63) is 113 Å². The maximum Gasteiger partial charge on any atom is 0.246 e. The molecule has 310 valence electrons. The molecule has 0 aromatic heterocycles. The molecule has 5 rings (SSSR count). The van der Waals surface area contributed by atoms with Crippen molar-refractivity contribution in [3.63, 3.8) is 0 Å². The summed E-state index contributed by atoms with van der Waals surface area (Å²) in [7, 11) is 0. The molecule has 2 aliphatic heterocycles. The quantitative estimate of drug-likeness (QED) is 0.104. The molecule has 0 aliphatic carbocycles. The first-order valence-corrected chi connectivity index (χ1v) is 19.8. The molecule has 15 nitrogen and oxygen atoms in total. The third-order valence-corrected chi connectivity index (χ3v) is 10.4. The fraction of sp³-hybridized carbons (Fsp3) is 0.419. The van der Waals surface area contributed by atoms with Crippen LogP contribution in [0.1, 0.15) is 41.5 Å². The van der Waals surface area contributed by atoms with E-state index in [9.17, 15) is 29.1 Å². The molecule has 5 amide bonds. The Morgan fingerprint density at radius 3 is 2.41 bits per heavy atom. The summed E-state index contributed by atoms with van der Waals surface area (Å²) in [6.45, 7) is 1.78. The zero-order valence-electron chi connectivity index (χ0n) is 32.8. The van der Waals surface area contributed by atoms with Crippen LogP contribution in [0.3, 0.4) is 0 Å². The fourth-order valence-corrected chi connectivity index (χ4v) is 7.36. The smallest absolute Gasteiger partial charge is 0.246 e. The molecule has 2 bridgehead atoms. The molecule has 2 aliphatic rings. The van der Waals surface area contributed by atoms with Gasteiger partial charge in [-0.2, -0.15) is 0 Å². The lowest BCUT2D eigenvalue weighted by atomic mass is 9.74. The van der Waals surface area contributed by atoms with Crippen molar-refractivity contribution in [1.82, 2.24) is 31.5 Å². The molecular formula is C43H56N8O7. The average Bonchev–Trinajstić information content (AvgIpc) is 3.22. The lowest BCUT2D eigenvalue weighted by molar-refractivity contribution is -0.141. The number of piperidine rings is 1. The van der Waals surface area contributed by atoms with Gasteiger partial charge in [0.25, 0.3) is 0 Å². The first-order valence-electron chi connectivity index (χ1n) is 19.8. The summed E-state index contributed by atoms with van der Waals surface area (Å²) in [6.07, 6.45) is 2.84. The molecule has 0 radical (unpaired) electrons. The van der Waals surface area contributed by atoms with Gasteiger partial charge < -0.3 is 47.5 Å². The van der Waals surface area contributed by atoms with Crippen molar-refractivity contribution in [1.29, 1.82) is 0 Å². The highest BCUT2D eigenvalue weighted by Crippen LogP contribution is 2.35. The van der Waals surface area contributed by atoms with Gasteiger partial charge in [0, 0.05) is 69.9 Å². The predicted molar refractivity (Wildman–Crippen MR) is 219 cm³/mol. The second-order valence-electron chi connectivity index (χ2n) is 14.8. The number of nitrogens with two attached hydrogens (primary N) is 2. The number of benzene rings is 3. The van der Waals surface area contributed by atoms with Crippen LogP contribution in [0.4, 0.5) is 5.69 Å². The topological polar surface area (TPSA) is 230 Å². The van der Waals surface area contributed by atoms with Gasteiger partial charge in [0.2, 0.25) is 29.5 Å². The number of aliphatic hydroxyl groups excluding tert-OH is 1. The van der Waals surface area contributed by atoms with E-state index in [4.69, 9.17) is 16.2 Å². The van der Waals surface area contributed by atoms with E-state index < -0.39 is 47.4 Å². The van der Waals surface area contributed by atoms with Crippen LogP contribution in [-0.4, -0.2) is 104 Å². The zero-order valence-corrected chi connectivity index (χ0v) is 32.8. The molecule has 3 aromatic rings. The number of amides is 5. The van der Waals surface area contributed by atoms with E-state index in [2.05, 4.69) is 26.6 Å². The summed E-state index contributed by atoms with van der Waals surface area (Å²) < 4.78 is 5.36. The summed E-state index contributed by atoms with van der Waals surface area (Å²) in [5, 5.41) is 25.8. The number of anilines is 1. The molecule has 0 saturated carbocycles. The Kier molecular flexibility index (Phi) is 16.3. The number of aliphatic hydroxyl groups is 1. The van der Waals surface area contributed by atoms with Crippen LogP contribution in [0, 0.1) is 5.41 Å². The maximum absolute atomic E-state index is 14.7. The van der Waals surface area contributed by atoms with Crippen LogP contribution < -0.4 is 38.1 Å². The van der Waals surface area contributed by atoms with Crippen molar-refractivity contribution in [2.75, 3.05) is 51.7 Å². The summed E-state index contributed by atoms with van der Waals surface area (Å²) in [5.74, 6) is -2.15. The molecule has 2 heterocycles. The van der Waals surface area contributed by atoms with Crippen LogP contribution in [0.2, 0.25) is 0 Å². The van der Waals surface area contributed by atoms with Crippen LogP contribution >= 0.6 is 0 Å². The Bertz CT molecular complexity index is 1880. The van der Waals surface area contributed by atoms with Gasteiger partial charge in [0.15, 0.2) is 0 Å². The normalized spacial score (nSPS) is 23.2. The van der Waals surface area contributed by atoms with E-state index in [1.807, 2.05) is 66.7 Å². The fourth-order valence-electron chi connectivity index (χ4n) is 7.36. The van der Waals surface area contributed by atoms with E-state index in [1.165, 1.54) is 6.08 Å². The summed E-state index contributed by atoms with van der Waals surface area (Å²) in [5.41, 5.74) is 14.1. The average molecular weight is 797 g/mol. The Balaban J connectivity index is 1.45. The SMILES string of the molecule is NCCOCCNC(=O)[C@@H]1CCNC(=O)/C=C/C(=O)N2CCC[C@](Cc3ccccc3)(C2)C(=O)N[C@@H](Cc2ccc(N)cc2)C(=O)NCc2ccccc2CC(O)N1. The lowest BCUT2D eigenvalue weighted by Crippen LogP contribution is -2.58. The molecule has 10 N–H and O–H groups in total. The Morgan fingerprint density at radius 2 is 1.66 bits per heavy atom. The first-order chi connectivity index (χ1) is 28.0. The number of nitrogens with one attached hydrogen (secondary N) is 5. The van der Waals surface area contributed by atoms with E-state index in [0.29, 0.717) is 44.6 Å². The summed E-state index contributed by atoms with van der Waals surface area (Å²) in [6, 6.07) is 22.1. The number of fused-ring (bicyclic) bond motifs is 3. The van der Waals surface area contributed by atoms with Gasteiger partial charge in [0.05, 0.1) is 24.7 Å². The molecule has 15 heteroatoms. The van der Waals surface area contributed by atoms with Gasteiger partial charge in [-0.05, 0) is 60.1 Å². The number of rotatable bonds is 10. The Labute approximate surface area is 339 Å². The van der Waals surface area contributed by atoms with Crippen molar-refractivity contribution in [2.45, 2.75) is 63.4 Å². The van der Waals surface area contributed by atoms with Crippen LogP contribution in [0.5, 0.6) is 0 Å². The molecule has 4 atom stereocenters. The standard InChI is InChI=1S/C43H56N8O7/c44-19-23-58-24-21-47-40(55)35-17-20-46-37(52)15-16-39(54)51-22-6-18-43(29-51,27-31-7-2-1-3-8-31)42(57)50-36(25-30-11-13-34(45)14-12-30)41(56)48-28-33-10-5-4-9-32(33)26-38(53)49-35/h1-5,7-16,35-36,38,49,53H,6,17-29,44-45H2,(H,46,52)(H,47,55)(H,48,56)(H,50,57)/b16-15+/t35-,36-,38?,43-/m0/s1. The summed E-state index contributed by atoms with van der Waals surface area (Å²) >= 11 is 0. The van der Waals surface area contributed by atoms with Crippen LogP contribution in [0.15, 0.2) is 91.0 Å². The number of ether oxygens (including phenoxy) is 1. The third-order valence-electron chi connectivity index (χ3n) is 10.4. The van der Waals surface area contributed by atoms with Crippen LogP contribution in [0.25, 0.3) is 0 Å². The molecule has 1 fully saturated rings. The van der Waals surface area contributed by atoms with Gasteiger partial charge in [-0.3, -0.25) is 29.3 Å². The molecule has 0 spiro atoms. The van der Waals surface area contributed by atoms with Crippen LogP contribution in [-0.2, 0) is 54.5 Å². The highest BCUT2D eigenvalue weighted by Gasteiger charge is 2.44. The molecular weight excluding hydrogens is 741 g/mol. The van der Waals surface area contributed by atoms with Gasteiger partial charge in [-0.25, -0.2) is 0 Å². The number of carbonyl (C=O) groups excluding carboxylic acids is 5. The number of nitrogen functional groups attached to an aromatic ring is 1. The minimum Gasteiger partial charge on any atom is -0.399 e. The monoisotopic (exact) mass is 796 g/mol. The van der Waals surface area contributed by atoms with Gasteiger partial charge in [-0.1, -0.05) is 66.7 Å². The number of hydrogen-bond donors (Lipinski definition) is 8. The Hall–Kier alpha value is -5.61.